The van der Waals surface area contributed by atoms with E-state index in [9.17, 15) is 8.78 Å². The van der Waals surface area contributed by atoms with Gasteiger partial charge in [-0.05, 0) is 18.9 Å². The maximum Gasteiger partial charge on any atom is 0.309 e. The lowest BCUT2D eigenvalue weighted by atomic mass is 10.2. The second-order valence-electron chi connectivity index (χ2n) is 5.35. The number of likely N-dealkylation sites (tertiary alicyclic amines) is 1. The normalized spacial score (nSPS) is 17.2. The van der Waals surface area contributed by atoms with E-state index in [1.54, 1.807) is 0 Å². The number of aromatic nitrogens is 1. The van der Waals surface area contributed by atoms with Crippen LogP contribution in [-0.4, -0.2) is 42.6 Å². The highest BCUT2D eigenvalue weighted by molar-refractivity contribution is 5.78. The van der Waals surface area contributed by atoms with Crippen molar-refractivity contribution in [1.82, 2.24) is 9.88 Å². The summed E-state index contributed by atoms with van der Waals surface area (Å²) < 4.78 is 33.2. The highest BCUT2D eigenvalue weighted by atomic mass is 19.3. The molecule has 1 saturated heterocycles. The second-order valence-corrected chi connectivity index (χ2v) is 5.35. The Morgan fingerprint density at radius 3 is 2.64 bits per heavy atom. The minimum atomic E-state index is -3.18. The molecule has 0 unspecified atom stereocenters. The molecule has 1 aromatic rings. The molecule has 2 N–H and O–H groups in total. The molecule has 1 aliphatic rings. The van der Waals surface area contributed by atoms with Crippen LogP contribution < -0.4 is 10.5 Å². The molecule has 2 rings (SSSR count). The fourth-order valence-corrected chi connectivity index (χ4v) is 2.39. The van der Waals surface area contributed by atoms with Crippen molar-refractivity contribution in [1.29, 1.82) is 0 Å². The molecule has 1 aliphatic heterocycles. The molecule has 0 radical (unpaired) electrons. The first-order valence-electron chi connectivity index (χ1n) is 7.47. The number of ether oxygens (including phenoxy) is 1. The first-order chi connectivity index (χ1) is 10.5. The van der Waals surface area contributed by atoms with Crippen LogP contribution in [0.5, 0.6) is 5.88 Å². The zero-order valence-corrected chi connectivity index (χ0v) is 12.8. The number of halogens is 2. The van der Waals surface area contributed by atoms with E-state index < -0.39 is 12.5 Å². The van der Waals surface area contributed by atoms with E-state index in [2.05, 4.69) is 9.98 Å². The molecule has 0 bridgehead atoms. The topological polar surface area (TPSA) is 63.7 Å². The monoisotopic (exact) mass is 312 g/mol. The molecule has 122 valence electrons. The van der Waals surface area contributed by atoms with Crippen LogP contribution in [0.15, 0.2) is 23.2 Å². The standard InChI is InChI=1S/C15H22F2N4O/c1-22-13-8-6-7-12(20-13)15(16,17)11-19-14(18)21-9-4-2-3-5-10-21/h6-8H,2-5,9-11H2,1H3,(H2,18,19). The van der Waals surface area contributed by atoms with Crippen molar-refractivity contribution < 1.29 is 13.5 Å². The molecule has 2 heterocycles. The Morgan fingerprint density at radius 2 is 2.00 bits per heavy atom. The largest absolute Gasteiger partial charge is 0.481 e. The number of pyridine rings is 1. The summed E-state index contributed by atoms with van der Waals surface area (Å²) in [6, 6.07) is 4.27. The molecular weight excluding hydrogens is 290 g/mol. The van der Waals surface area contributed by atoms with E-state index >= 15 is 0 Å². The average Bonchev–Trinajstić information content (AvgIpc) is 2.82. The summed E-state index contributed by atoms with van der Waals surface area (Å²) in [7, 11) is 1.39. The molecule has 0 aliphatic carbocycles. The van der Waals surface area contributed by atoms with E-state index in [1.807, 2.05) is 4.90 Å². The third-order valence-corrected chi connectivity index (χ3v) is 3.68. The van der Waals surface area contributed by atoms with Crippen LogP contribution in [-0.2, 0) is 5.92 Å². The maximum absolute atomic E-state index is 14.2. The van der Waals surface area contributed by atoms with E-state index in [0.29, 0.717) is 0 Å². The SMILES string of the molecule is COc1cccc(C(F)(F)CN=C(N)N2CCCCCC2)n1. The molecule has 0 spiro atoms. The Hall–Kier alpha value is -1.92. The predicted octanol–water partition coefficient (Wildman–Crippen LogP) is 2.37. The van der Waals surface area contributed by atoms with Crippen LogP contribution in [0, 0.1) is 0 Å². The van der Waals surface area contributed by atoms with Crippen molar-refractivity contribution in [3.63, 3.8) is 0 Å². The molecule has 0 atom stereocenters. The van der Waals surface area contributed by atoms with E-state index in [-0.39, 0.29) is 17.5 Å². The van der Waals surface area contributed by atoms with Crippen molar-refractivity contribution in [3.8, 4) is 5.88 Å². The molecular formula is C15H22F2N4O. The number of methoxy groups -OCH3 is 1. The summed E-state index contributed by atoms with van der Waals surface area (Å²) >= 11 is 0. The van der Waals surface area contributed by atoms with Gasteiger partial charge in [0.2, 0.25) is 5.88 Å². The first-order valence-corrected chi connectivity index (χ1v) is 7.47. The summed E-state index contributed by atoms with van der Waals surface area (Å²) in [6.07, 6.45) is 4.33. The van der Waals surface area contributed by atoms with Crippen molar-refractivity contribution >= 4 is 5.96 Å². The van der Waals surface area contributed by atoms with Gasteiger partial charge >= 0.3 is 5.92 Å². The second kappa shape index (κ2) is 7.38. The summed E-state index contributed by atoms with van der Waals surface area (Å²) in [6.45, 7) is 0.839. The number of rotatable bonds is 4. The Bertz CT molecular complexity index is 514. The smallest absolute Gasteiger partial charge is 0.309 e. The Kier molecular flexibility index (Phi) is 5.51. The molecule has 22 heavy (non-hydrogen) atoms. The van der Waals surface area contributed by atoms with Gasteiger partial charge in [0.25, 0.3) is 0 Å². The van der Waals surface area contributed by atoms with Crippen molar-refractivity contribution in [2.45, 2.75) is 31.6 Å². The van der Waals surface area contributed by atoms with Crippen LogP contribution in [0.1, 0.15) is 31.4 Å². The molecule has 1 fully saturated rings. The summed E-state index contributed by atoms with van der Waals surface area (Å²) in [5.41, 5.74) is 5.49. The van der Waals surface area contributed by atoms with Crippen molar-refractivity contribution in [2.75, 3.05) is 26.7 Å². The maximum atomic E-state index is 14.2. The highest BCUT2D eigenvalue weighted by Gasteiger charge is 2.33. The first kappa shape index (κ1) is 16.5. The van der Waals surface area contributed by atoms with Gasteiger partial charge in [-0.2, -0.15) is 8.78 Å². The molecule has 5 nitrogen and oxygen atoms in total. The quantitative estimate of drug-likeness (QED) is 0.685. The Balaban J connectivity index is 2.05. The average molecular weight is 312 g/mol. The number of nitrogens with zero attached hydrogens (tertiary/aromatic N) is 3. The highest BCUT2D eigenvalue weighted by Crippen LogP contribution is 2.28. The molecule has 0 saturated carbocycles. The molecule has 0 aromatic carbocycles. The van der Waals surface area contributed by atoms with Gasteiger partial charge in [0, 0.05) is 19.2 Å². The minimum Gasteiger partial charge on any atom is -0.481 e. The van der Waals surface area contributed by atoms with E-state index in [1.165, 1.54) is 25.3 Å². The lowest BCUT2D eigenvalue weighted by molar-refractivity contribution is 0.00121. The van der Waals surface area contributed by atoms with E-state index in [4.69, 9.17) is 10.5 Å². The Labute approximate surface area is 129 Å². The summed E-state index contributed by atoms with van der Waals surface area (Å²) in [5, 5.41) is 0. The fourth-order valence-electron chi connectivity index (χ4n) is 2.39. The van der Waals surface area contributed by atoms with Gasteiger partial charge in [0.05, 0.1) is 7.11 Å². The lowest BCUT2D eigenvalue weighted by Gasteiger charge is -2.22. The number of hydrogen-bond donors (Lipinski definition) is 1. The molecule has 0 amide bonds. The minimum absolute atomic E-state index is 0.154. The van der Waals surface area contributed by atoms with Crippen LogP contribution >= 0.6 is 0 Å². The number of aliphatic imine (C=N–C) groups is 1. The number of hydrogen-bond acceptors (Lipinski definition) is 3. The Morgan fingerprint density at radius 1 is 1.32 bits per heavy atom. The predicted molar refractivity (Wildman–Crippen MR) is 81.2 cm³/mol. The van der Waals surface area contributed by atoms with Crippen molar-refractivity contribution in [3.05, 3.63) is 23.9 Å². The summed E-state index contributed by atoms with van der Waals surface area (Å²) in [4.78, 5) is 9.53. The van der Waals surface area contributed by atoms with Crippen LogP contribution in [0.3, 0.4) is 0 Å². The van der Waals surface area contributed by atoms with Gasteiger partial charge in [-0.1, -0.05) is 18.9 Å². The van der Waals surface area contributed by atoms with Crippen molar-refractivity contribution in [2.24, 2.45) is 10.7 Å². The van der Waals surface area contributed by atoms with Crippen LogP contribution in [0.25, 0.3) is 0 Å². The van der Waals surface area contributed by atoms with Gasteiger partial charge in [0.15, 0.2) is 5.96 Å². The van der Waals surface area contributed by atoms with Crippen LogP contribution in [0.2, 0.25) is 0 Å². The van der Waals surface area contributed by atoms with Gasteiger partial charge in [-0.3, -0.25) is 0 Å². The van der Waals surface area contributed by atoms with Gasteiger partial charge in [-0.25, -0.2) is 9.98 Å². The number of guanidine groups is 1. The summed E-state index contributed by atoms with van der Waals surface area (Å²) in [5.74, 6) is -2.84. The zero-order valence-electron chi connectivity index (χ0n) is 12.8. The number of nitrogens with two attached hydrogens (primary N) is 1. The third-order valence-electron chi connectivity index (χ3n) is 3.68. The van der Waals surface area contributed by atoms with E-state index in [0.717, 1.165) is 38.8 Å². The fraction of sp³-hybridized carbons (Fsp3) is 0.600. The van der Waals surface area contributed by atoms with Crippen LogP contribution in [0.4, 0.5) is 8.78 Å². The molecule has 7 heteroatoms. The third kappa shape index (κ3) is 4.29. The lowest BCUT2D eigenvalue weighted by Crippen LogP contribution is -2.39. The van der Waals surface area contributed by atoms with Gasteiger partial charge in [-0.15, -0.1) is 0 Å². The molecule has 1 aromatic heterocycles. The van der Waals surface area contributed by atoms with Gasteiger partial charge in [0.1, 0.15) is 12.2 Å². The van der Waals surface area contributed by atoms with Gasteiger partial charge < -0.3 is 15.4 Å². The zero-order chi connectivity index (χ0) is 16.0. The number of alkyl halides is 2.